The minimum absolute atomic E-state index is 0.00497. The second kappa shape index (κ2) is 6.01. The Hall–Kier alpha value is -2.01. The predicted octanol–water partition coefficient (Wildman–Crippen LogP) is 2.10. The first kappa shape index (κ1) is 14.9. The van der Waals surface area contributed by atoms with Crippen molar-refractivity contribution in [2.75, 3.05) is 13.3 Å². The highest BCUT2D eigenvalue weighted by atomic mass is 16.7. The van der Waals surface area contributed by atoms with Crippen molar-refractivity contribution in [2.24, 2.45) is 5.92 Å². The van der Waals surface area contributed by atoms with Gasteiger partial charge in [0, 0.05) is 5.92 Å². The van der Waals surface area contributed by atoms with Crippen LogP contribution in [0.4, 0.5) is 0 Å². The summed E-state index contributed by atoms with van der Waals surface area (Å²) in [6.07, 6.45) is 6.74. The van der Waals surface area contributed by atoms with E-state index in [9.17, 15) is 9.90 Å². The van der Waals surface area contributed by atoms with Gasteiger partial charge in [-0.1, -0.05) is 18.2 Å². The van der Waals surface area contributed by atoms with Crippen LogP contribution >= 0.6 is 0 Å². The fourth-order valence-electron chi connectivity index (χ4n) is 2.77. The Morgan fingerprint density at radius 3 is 2.95 bits per heavy atom. The van der Waals surface area contributed by atoms with Crippen molar-refractivity contribution >= 4 is 5.91 Å². The van der Waals surface area contributed by atoms with Gasteiger partial charge in [-0.2, -0.15) is 0 Å². The Balaban J connectivity index is 1.63. The molecular formula is C17H21NO4. The Morgan fingerprint density at radius 1 is 1.36 bits per heavy atom. The van der Waals surface area contributed by atoms with Crippen molar-refractivity contribution in [1.82, 2.24) is 5.32 Å². The molecular weight excluding hydrogens is 282 g/mol. The number of fused-ring (bicyclic) bond motifs is 1. The van der Waals surface area contributed by atoms with Crippen molar-refractivity contribution < 1.29 is 19.4 Å². The molecule has 5 heteroatoms. The molecule has 0 saturated carbocycles. The van der Waals surface area contributed by atoms with Crippen LogP contribution < -0.4 is 14.8 Å². The molecule has 2 atom stereocenters. The minimum Gasteiger partial charge on any atom is -0.454 e. The predicted molar refractivity (Wildman–Crippen MR) is 81.6 cm³/mol. The van der Waals surface area contributed by atoms with E-state index in [4.69, 9.17) is 9.47 Å². The molecule has 2 N–H and O–H groups in total. The fourth-order valence-corrected chi connectivity index (χ4v) is 2.77. The molecule has 22 heavy (non-hydrogen) atoms. The van der Waals surface area contributed by atoms with Crippen LogP contribution in [0.5, 0.6) is 11.5 Å². The van der Waals surface area contributed by atoms with Gasteiger partial charge in [0.15, 0.2) is 11.5 Å². The third kappa shape index (κ3) is 3.09. The lowest BCUT2D eigenvalue weighted by Gasteiger charge is -2.26. The Labute approximate surface area is 129 Å². The average Bonchev–Trinajstić information content (AvgIpc) is 3.01. The first-order chi connectivity index (χ1) is 10.6. The van der Waals surface area contributed by atoms with E-state index >= 15 is 0 Å². The van der Waals surface area contributed by atoms with Gasteiger partial charge in [-0.3, -0.25) is 4.79 Å². The van der Waals surface area contributed by atoms with Crippen molar-refractivity contribution in [3.63, 3.8) is 0 Å². The van der Waals surface area contributed by atoms with Gasteiger partial charge in [-0.25, -0.2) is 0 Å². The molecule has 1 amide bonds. The number of hydrogen-bond acceptors (Lipinski definition) is 4. The van der Waals surface area contributed by atoms with Crippen LogP contribution in [-0.4, -0.2) is 24.4 Å². The van der Waals surface area contributed by atoms with Crippen LogP contribution in [-0.2, 0) is 10.4 Å². The molecule has 0 unspecified atom stereocenters. The standard InChI is InChI=1S/C17H21NO4/c1-17(20,10-18-16(19)12-5-3-2-4-6-12)13-7-8-14-15(9-13)22-11-21-14/h2-3,7-9,12,20H,4-6,10-11H2,1H3,(H,18,19)/t12-,17+/m1/s1. The van der Waals surface area contributed by atoms with Gasteiger partial charge in [-0.05, 0) is 43.9 Å². The van der Waals surface area contributed by atoms with E-state index in [1.165, 1.54) is 0 Å². The molecule has 0 aromatic heterocycles. The number of ether oxygens (including phenoxy) is 2. The van der Waals surface area contributed by atoms with Crippen LogP contribution in [0.1, 0.15) is 31.7 Å². The van der Waals surface area contributed by atoms with Crippen LogP contribution in [0.15, 0.2) is 30.4 Å². The van der Waals surface area contributed by atoms with E-state index in [-0.39, 0.29) is 25.2 Å². The molecule has 1 aliphatic heterocycles. The monoisotopic (exact) mass is 303 g/mol. The lowest BCUT2D eigenvalue weighted by molar-refractivity contribution is -0.126. The summed E-state index contributed by atoms with van der Waals surface area (Å²) in [5, 5.41) is 13.5. The first-order valence-electron chi connectivity index (χ1n) is 7.61. The SMILES string of the molecule is C[C@](O)(CNC(=O)[C@@H]1CC=CCC1)c1ccc2c(c1)OCO2. The summed E-state index contributed by atoms with van der Waals surface area (Å²) in [7, 11) is 0. The van der Waals surface area contributed by atoms with Crippen molar-refractivity contribution in [2.45, 2.75) is 31.8 Å². The lowest BCUT2D eigenvalue weighted by atomic mass is 9.92. The van der Waals surface area contributed by atoms with Gasteiger partial charge < -0.3 is 19.9 Å². The Bertz CT molecular complexity index is 594. The number of benzene rings is 1. The number of carbonyl (C=O) groups is 1. The van der Waals surface area contributed by atoms with E-state index in [0.29, 0.717) is 17.1 Å². The first-order valence-corrected chi connectivity index (χ1v) is 7.61. The maximum absolute atomic E-state index is 12.2. The molecule has 2 aliphatic rings. The van der Waals surface area contributed by atoms with E-state index in [1.807, 2.05) is 6.08 Å². The molecule has 3 rings (SSSR count). The summed E-state index contributed by atoms with van der Waals surface area (Å²) in [4.78, 5) is 12.2. The zero-order valence-electron chi connectivity index (χ0n) is 12.7. The third-order valence-corrected chi connectivity index (χ3v) is 4.24. The van der Waals surface area contributed by atoms with Crippen molar-refractivity contribution in [3.8, 4) is 11.5 Å². The van der Waals surface area contributed by atoms with Gasteiger partial charge in [-0.15, -0.1) is 0 Å². The molecule has 0 radical (unpaired) electrons. The summed E-state index contributed by atoms with van der Waals surface area (Å²) in [6, 6.07) is 5.33. The molecule has 0 spiro atoms. The highest BCUT2D eigenvalue weighted by molar-refractivity contribution is 5.79. The van der Waals surface area contributed by atoms with Crippen LogP contribution in [0.2, 0.25) is 0 Å². The minimum atomic E-state index is -1.15. The molecule has 1 aromatic carbocycles. The summed E-state index contributed by atoms with van der Waals surface area (Å²) in [5.41, 5.74) is -0.457. The number of amides is 1. The molecule has 0 bridgehead atoms. The number of carbonyl (C=O) groups excluding carboxylic acids is 1. The van der Waals surface area contributed by atoms with E-state index in [0.717, 1.165) is 19.3 Å². The van der Waals surface area contributed by atoms with E-state index in [2.05, 4.69) is 11.4 Å². The van der Waals surface area contributed by atoms with Gasteiger partial charge in [0.05, 0.1) is 6.54 Å². The molecule has 1 aromatic rings. The van der Waals surface area contributed by atoms with Gasteiger partial charge in [0.1, 0.15) is 5.60 Å². The van der Waals surface area contributed by atoms with Crippen molar-refractivity contribution in [3.05, 3.63) is 35.9 Å². The second-order valence-corrected chi connectivity index (χ2v) is 6.04. The van der Waals surface area contributed by atoms with Crippen LogP contribution in [0.3, 0.4) is 0 Å². The van der Waals surface area contributed by atoms with E-state index in [1.54, 1.807) is 25.1 Å². The second-order valence-electron chi connectivity index (χ2n) is 6.04. The quantitative estimate of drug-likeness (QED) is 0.836. The lowest BCUT2D eigenvalue weighted by Crippen LogP contribution is -2.41. The molecule has 0 fully saturated rings. The van der Waals surface area contributed by atoms with Gasteiger partial charge in [0.25, 0.3) is 0 Å². The summed E-state index contributed by atoms with van der Waals surface area (Å²) >= 11 is 0. The maximum atomic E-state index is 12.2. The zero-order valence-corrected chi connectivity index (χ0v) is 12.7. The topological polar surface area (TPSA) is 67.8 Å². The molecule has 1 heterocycles. The van der Waals surface area contributed by atoms with Crippen LogP contribution in [0.25, 0.3) is 0 Å². The zero-order chi connectivity index (χ0) is 15.6. The van der Waals surface area contributed by atoms with Crippen LogP contribution in [0, 0.1) is 5.92 Å². The number of aliphatic hydroxyl groups is 1. The highest BCUT2D eigenvalue weighted by Crippen LogP contribution is 2.35. The number of hydrogen-bond donors (Lipinski definition) is 2. The smallest absolute Gasteiger partial charge is 0.231 e. The third-order valence-electron chi connectivity index (χ3n) is 4.24. The van der Waals surface area contributed by atoms with Gasteiger partial charge in [0.2, 0.25) is 12.7 Å². The number of allylic oxidation sites excluding steroid dienone is 2. The maximum Gasteiger partial charge on any atom is 0.231 e. The molecule has 1 aliphatic carbocycles. The summed E-state index contributed by atoms with van der Waals surface area (Å²) < 4.78 is 10.6. The summed E-state index contributed by atoms with van der Waals surface area (Å²) in [6.45, 7) is 2.06. The fraction of sp³-hybridized carbons (Fsp3) is 0.471. The largest absolute Gasteiger partial charge is 0.454 e. The Morgan fingerprint density at radius 2 is 2.18 bits per heavy atom. The Kier molecular flexibility index (Phi) is 4.07. The highest BCUT2D eigenvalue weighted by Gasteiger charge is 2.28. The number of nitrogens with one attached hydrogen (secondary N) is 1. The summed E-state index contributed by atoms with van der Waals surface area (Å²) in [5.74, 6) is 1.32. The van der Waals surface area contributed by atoms with E-state index < -0.39 is 5.60 Å². The van der Waals surface area contributed by atoms with Gasteiger partial charge >= 0.3 is 0 Å². The average molecular weight is 303 g/mol. The molecule has 118 valence electrons. The normalized spacial score (nSPS) is 22.2. The molecule has 5 nitrogen and oxygen atoms in total. The number of rotatable bonds is 4. The molecule has 0 saturated heterocycles. The van der Waals surface area contributed by atoms with Crippen molar-refractivity contribution in [1.29, 1.82) is 0 Å².